The van der Waals surface area contributed by atoms with Gasteiger partial charge in [0.25, 0.3) is 0 Å². The highest BCUT2D eigenvalue weighted by atomic mass is 32.2. The van der Waals surface area contributed by atoms with Gasteiger partial charge in [-0.1, -0.05) is 18.2 Å². The van der Waals surface area contributed by atoms with Crippen molar-refractivity contribution in [2.75, 3.05) is 26.5 Å². The predicted octanol–water partition coefficient (Wildman–Crippen LogP) is 2.70. The number of hydrogen-bond acceptors (Lipinski definition) is 5. The van der Waals surface area contributed by atoms with Crippen molar-refractivity contribution in [1.29, 1.82) is 0 Å². The number of hydrogen-bond donors (Lipinski definition) is 1. The summed E-state index contributed by atoms with van der Waals surface area (Å²) in [7, 11) is 0.741. The molecule has 0 unspecified atom stereocenters. The molecule has 0 radical (unpaired) electrons. The number of aromatic nitrogens is 2. The van der Waals surface area contributed by atoms with Crippen LogP contribution in [0.5, 0.6) is 5.75 Å². The number of para-hydroxylation sites is 1. The lowest BCUT2D eigenvalue weighted by Crippen LogP contribution is -2.22. The molecule has 0 fully saturated rings. The van der Waals surface area contributed by atoms with Crippen molar-refractivity contribution in [2.45, 2.75) is 17.7 Å². The lowest BCUT2D eigenvalue weighted by atomic mass is 10.2. The van der Waals surface area contributed by atoms with E-state index >= 15 is 0 Å². The first kappa shape index (κ1) is 21.5. The van der Waals surface area contributed by atoms with Gasteiger partial charge in [-0.15, -0.1) is 0 Å². The molecule has 0 atom stereocenters. The molecule has 3 rings (SSSR count). The van der Waals surface area contributed by atoms with Crippen LogP contribution in [0.15, 0.2) is 65.8 Å². The standard InChI is InChI=1S/C21H24N4O4S/c1-24(2)30(27,28)18-10-11-20(29-3)19(13-18)23-21(26)12-9-16-14-22-25(15-16)17-7-5-4-6-8-17/h4-8,10-11,13-15H,9,12H2,1-3H3,(H,23,26). The van der Waals surface area contributed by atoms with Gasteiger partial charge in [-0.05, 0) is 42.3 Å². The molecule has 3 aromatic rings. The second-order valence-corrected chi connectivity index (χ2v) is 8.98. The molecule has 0 aliphatic rings. The van der Waals surface area contributed by atoms with Crippen molar-refractivity contribution in [3.8, 4) is 11.4 Å². The Hall–Kier alpha value is -3.17. The second-order valence-electron chi connectivity index (χ2n) is 6.83. The van der Waals surface area contributed by atoms with E-state index in [0.717, 1.165) is 15.6 Å². The Morgan fingerprint density at radius 1 is 1.17 bits per heavy atom. The van der Waals surface area contributed by atoms with Gasteiger partial charge in [0.1, 0.15) is 5.75 Å². The summed E-state index contributed by atoms with van der Waals surface area (Å²) in [6.45, 7) is 0. The molecule has 0 aliphatic carbocycles. The molecule has 1 amide bonds. The lowest BCUT2D eigenvalue weighted by Gasteiger charge is -2.15. The fourth-order valence-corrected chi connectivity index (χ4v) is 3.77. The number of anilines is 1. The molecular weight excluding hydrogens is 404 g/mol. The SMILES string of the molecule is COc1ccc(S(=O)(=O)N(C)C)cc1NC(=O)CCc1cnn(-c2ccccc2)c1. The Morgan fingerprint density at radius 2 is 1.90 bits per heavy atom. The van der Waals surface area contributed by atoms with Crippen molar-refractivity contribution >= 4 is 21.6 Å². The van der Waals surface area contributed by atoms with E-state index in [-0.39, 0.29) is 17.2 Å². The Morgan fingerprint density at radius 3 is 2.57 bits per heavy atom. The topological polar surface area (TPSA) is 93.5 Å². The van der Waals surface area contributed by atoms with Crippen molar-refractivity contribution in [1.82, 2.24) is 14.1 Å². The first-order valence-corrected chi connectivity index (χ1v) is 10.7. The number of amides is 1. The average Bonchev–Trinajstić information content (AvgIpc) is 3.22. The van der Waals surface area contributed by atoms with Crippen LogP contribution < -0.4 is 10.1 Å². The molecule has 0 bridgehead atoms. The summed E-state index contributed by atoms with van der Waals surface area (Å²) in [5.41, 5.74) is 2.17. The minimum absolute atomic E-state index is 0.0766. The molecule has 1 N–H and O–H groups in total. The van der Waals surface area contributed by atoms with E-state index in [0.29, 0.717) is 17.9 Å². The van der Waals surface area contributed by atoms with Crippen LogP contribution in [0.4, 0.5) is 5.69 Å². The number of ether oxygens (including phenoxy) is 1. The van der Waals surface area contributed by atoms with Crippen LogP contribution in [-0.2, 0) is 21.2 Å². The number of rotatable bonds is 8. The van der Waals surface area contributed by atoms with Gasteiger partial charge in [-0.3, -0.25) is 4.79 Å². The number of benzene rings is 2. The molecule has 1 heterocycles. The Labute approximate surface area is 176 Å². The summed E-state index contributed by atoms with van der Waals surface area (Å²) in [6, 6.07) is 14.1. The summed E-state index contributed by atoms with van der Waals surface area (Å²) >= 11 is 0. The summed E-state index contributed by atoms with van der Waals surface area (Å²) in [5, 5.41) is 7.07. The van der Waals surface area contributed by atoms with Gasteiger partial charge < -0.3 is 10.1 Å². The van der Waals surface area contributed by atoms with E-state index in [1.165, 1.54) is 39.4 Å². The molecule has 0 saturated carbocycles. The third-order valence-electron chi connectivity index (χ3n) is 4.52. The first-order chi connectivity index (χ1) is 14.3. The van der Waals surface area contributed by atoms with Gasteiger partial charge >= 0.3 is 0 Å². The van der Waals surface area contributed by atoms with E-state index in [2.05, 4.69) is 10.4 Å². The largest absolute Gasteiger partial charge is 0.495 e. The molecule has 2 aromatic carbocycles. The molecule has 1 aromatic heterocycles. The molecular formula is C21H24N4O4S. The van der Waals surface area contributed by atoms with Crippen LogP contribution in [0, 0.1) is 0 Å². The summed E-state index contributed by atoms with van der Waals surface area (Å²) in [4.78, 5) is 12.5. The van der Waals surface area contributed by atoms with Crippen LogP contribution >= 0.6 is 0 Å². The Balaban J connectivity index is 1.68. The summed E-state index contributed by atoms with van der Waals surface area (Å²) < 4.78 is 32.9. The van der Waals surface area contributed by atoms with Gasteiger partial charge in [-0.25, -0.2) is 17.4 Å². The van der Waals surface area contributed by atoms with E-state index in [4.69, 9.17) is 4.74 Å². The molecule has 158 valence electrons. The number of nitrogens with one attached hydrogen (secondary N) is 1. The van der Waals surface area contributed by atoms with Crippen LogP contribution in [0.2, 0.25) is 0 Å². The maximum absolute atomic E-state index is 12.5. The normalized spacial score (nSPS) is 11.5. The maximum Gasteiger partial charge on any atom is 0.242 e. The highest BCUT2D eigenvalue weighted by molar-refractivity contribution is 7.89. The lowest BCUT2D eigenvalue weighted by molar-refractivity contribution is -0.116. The van der Waals surface area contributed by atoms with E-state index < -0.39 is 10.0 Å². The van der Waals surface area contributed by atoms with E-state index in [1.54, 1.807) is 10.9 Å². The smallest absolute Gasteiger partial charge is 0.242 e. The molecule has 9 heteroatoms. The zero-order chi connectivity index (χ0) is 21.7. The van der Waals surface area contributed by atoms with Crippen molar-refractivity contribution in [3.63, 3.8) is 0 Å². The van der Waals surface area contributed by atoms with Crippen LogP contribution in [0.1, 0.15) is 12.0 Å². The number of carbonyl (C=O) groups excluding carboxylic acids is 1. The minimum atomic E-state index is -3.62. The third kappa shape index (κ3) is 4.87. The average molecular weight is 429 g/mol. The molecule has 0 spiro atoms. The van der Waals surface area contributed by atoms with Crippen molar-refractivity contribution in [3.05, 3.63) is 66.5 Å². The van der Waals surface area contributed by atoms with E-state index in [9.17, 15) is 13.2 Å². The zero-order valence-electron chi connectivity index (χ0n) is 17.1. The molecule has 30 heavy (non-hydrogen) atoms. The fraction of sp³-hybridized carbons (Fsp3) is 0.238. The highest BCUT2D eigenvalue weighted by Gasteiger charge is 2.20. The Bertz CT molecular complexity index is 1120. The van der Waals surface area contributed by atoms with E-state index in [1.807, 2.05) is 36.5 Å². The van der Waals surface area contributed by atoms with Crippen molar-refractivity contribution in [2.24, 2.45) is 0 Å². The minimum Gasteiger partial charge on any atom is -0.495 e. The van der Waals surface area contributed by atoms with Gasteiger partial charge in [0.05, 0.1) is 29.6 Å². The third-order valence-corrected chi connectivity index (χ3v) is 6.33. The van der Waals surface area contributed by atoms with Gasteiger partial charge in [-0.2, -0.15) is 5.10 Å². The van der Waals surface area contributed by atoms with Crippen LogP contribution in [0.3, 0.4) is 0 Å². The molecule has 8 nitrogen and oxygen atoms in total. The Kier molecular flexibility index (Phi) is 6.53. The zero-order valence-corrected chi connectivity index (χ0v) is 17.9. The summed E-state index contributed by atoms with van der Waals surface area (Å²) in [5.74, 6) is 0.137. The number of sulfonamides is 1. The second kappa shape index (κ2) is 9.10. The number of carbonyl (C=O) groups is 1. The van der Waals surface area contributed by atoms with Crippen molar-refractivity contribution < 1.29 is 17.9 Å². The molecule has 0 aliphatic heterocycles. The first-order valence-electron chi connectivity index (χ1n) is 9.30. The van der Waals surface area contributed by atoms with Crippen LogP contribution in [-0.4, -0.2) is 49.6 Å². The van der Waals surface area contributed by atoms with Crippen LogP contribution in [0.25, 0.3) is 5.69 Å². The fourth-order valence-electron chi connectivity index (χ4n) is 2.84. The molecule has 0 saturated heterocycles. The maximum atomic E-state index is 12.5. The van der Waals surface area contributed by atoms with Gasteiger partial charge in [0, 0.05) is 26.7 Å². The number of aryl methyl sites for hydroxylation is 1. The number of nitrogens with zero attached hydrogens (tertiary/aromatic N) is 3. The number of methoxy groups -OCH3 is 1. The van der Waals surface area contributed by atoms with Gasteiger partial charge in [0.15, 0.2) is 0 Å². The highest BCUT2D eigenvalue weighted by Crippen LogP contribution is 2.28. The monoisotopic (exact) mass is 428 g/mol. The summed E-state index contributed by atoms with van der Waals surface area (Å²) in [6.07, 6.45) is 4.32. The quantitative estimate of drug-likeness (QED) is 0.595. The van der Waals surface area contributed by atoms with Gasteiger partial charge in [0.2, 0.25) is 15.9 Å². The predicted molar refractivity (Wildman–Crippen MR) is 114 cm³/mol.